The maximum Gasteiger partial charge on any atom is 0.268 e. The first kappa shape index (κ1) is 18.3. The summed E-state index contributed by atoms with van der Waals surface area (Å²) in [7, 11) is 1.77. The molecule has 142 valence electrons. The monoisotopic (exact) mass is 402 g/mol. The molecule has 0 saturated carbocycles. The summed E-state index contributed by atoms with van der Waals surface area (Å²) in [5.41, 5.74) is 1.14. The molecule has 1 N–H and O–H groups in total. The van der Waals surface area contributed by atoms with Crippen molar-refractivity contribution in [3.05, 3.63) is 43.8 Å². The number of rotatable bonds is 5. The first-order valence-corrected chi connectivity index (χ1v) is 10.6. The zero-order valence-corrected chi connectivity index (χ0v) is 17.2. The number of nitrogens with one attached hydrogen (secondary N) is 1. The second-order valence-corrected chi connectivity index (χ2v) is 9.17. The minimum atomic E-state index is -0.157. The number of amides is 1. The zero-order valence-electron chi connectivity index (χ0n) is 15.6. The Labute approximate surface area is 166 Å². The lowest BCUT2D eigenvalue weighted by Gasteiger charge is -2.23. The molecule has 0 aliphatic carbocycles. The van der Waals surface area contributed by atoms with Gasteiger partial charge in [-0.05, 0) is 45.4 Å². The van der Waals surface area contributed by atoms with Crippen LogP contribution in [-0.4, -0.2) is 37.1 Å². The number of likely N-dealkylation sites (tertiary alicyclic amines) is 1. The van der Waals surface area contributed by atoms with E-state index in [0.29, 0.717) is 16.9 Å². The van der Waals surface area contributed by atoms with Gasteiger partial charge in [0, 0.05) is 29.4 Å². The number of nitrogens with zero attached hydrogens (tertiary/aromatic N) is 5. The molecule has 1 aliphatic rings. The van der Waals surface area contributed by atoms with Gasteiger partial charge in [0.1, 0.15) is 6.33 Å². The summed E-state index contributed by atoms with van der Waals surface area (Å²) in [5, 5.41) is 7.97. The van der Waals surface area contributed by atoms with Gasteiger partial charge in [-0.25, -0.2) is 9.97 Å². The number of carbonyl (C=O) groups excluding carboxylic acids is 1. The molecule has 0 radical (unpaired) electrons. The molecule has 1 aliphatic heterocycles. The number of anilines is 1. The van der Waals surface area contributed by atoms with E-state index in [9.17, 15) is 4.79 Å². The number of hydrogen-bond donors (Lipinski definition) is 1. The number of aromatic nitrogens is 4. The molecule has 3 aromatic rings. The van der Waals surface area contributed by atoms with Gasteiger partial charge in [0.15, 0.2) is 0 Å². The van der Waals surface area contributed by atoms with E-state index in [-0.39, 0.29) is 5.91 Å². The summed E-state index contributed by atoms with van der Waals surface area (Å²) < 4.78 is 1.56. The highest BCUT2D eigenvalue weighted by atomic mass is 32.1. The van der Waals surface area contributed by atoms with E-state index in [1.807, 2.05) is 6.07 Å². The van der Waals surface area contributed by atoms with E-state index in [1.165, 1.54) is 16.2 Å². The maximum atomic E-state index is 12.5. The van der Waals surface area contributed by atoms with E-state index in [2.05, 4.69) is 45.2 Å². The SMILES string of the molecule is Cc1nc(C)c(CN2CCCC2c2ccc(C(=O)Nc3ncn(C)n3)s2)s1. The van der Waals surface area contributed by atoms with Gasteiger partial charge in [-0.1, -0.05) is 0 Å². The zero-order chi connectivity index (χ0) is 19.0. The lowest BCUT2D eigenvalue weighted by atomic mass is 10.2. The third-order valence-corrected chi connectivity index (χ3v) is 6.96. The van der Waals surface area contributed by atoms with Crippen LogP contribution in [0, 0.1) is 13.8 Å². The van der Waals surface area contributed by atoms with E-state index in [4.69, 9.17) is 0 Å². The summed E-state index contributed by atoms with van der Waals surface area (Å²) in [4.78, 5) is 26.8. The van der Waals surface area contributed by atoms with Crippen molar-refractivity contribution in [1.82, 2.24) is 24.6 Å². The molecule has 4 rings (SSSR count). The predicted octanol–water partition coefficient (Wildman–Crippen LogP) is 3.54. The Hall–Kier alpha value is -2.10. The van der Waals surface area contributed by atoms with Crippen molar-refractivity contribution in [2.75, 3.05) is 11.9 Å². The number of thiophene rings is 1. The lowest BCUT2D eigenvalue weighted by molar-refractivity contribution is 0.102. The Balaban J connectivity index is 1.46. The summed E-state index contributed by atoms with van der Waals surface area (Å²) in [6.45, 7) is 6.16. The lowest BCUT2D eigenvalue weighted by Crippen LogP contribution is -2.22. The Morgan fingerprint density at radius 2 is 2.19 bits per heavy atom. The molecule has 1 atom stereocenters. The maximum absolute atomic E-state index is 12.5. The van der Waals surface area contributed by atoms with Gasteiger partial charge in [-0.2, -0.15) is 0 Å². The smallest absolute Gasteiger partial charge is 0.268 e. The molecule has 27 heavy (non-hydrogen) atoms. The Bertz CT molecular complexity index is 959. The topological polar surface area (TPSA) is 75.9 Å². The molecule has 0 aromatic carbocycles. The normalized spacial score (nSPS) is 17.5. The third kappa shape index (κ3) is 3.95. The third-order valence-electron chi connectivity index (χ3n) is 4.71. The Morgan fingerprint density at radius 3 is 2.89 bits per heavy atom. The fourth-order valence-corrected chi connectivity index (χ4v) is 5.49. The fourth-order valence-electron chi connectivity index (χ4n) is 3.46. The average molecular weight is 403 g/mol. The Morgan fingerprint density at radius 1 is 1.33 bits per heavy atom. The summed E-state index contributed by atoms with van der Waals surface area (Å²) in [6.07, 6.45) is 3.87. The second kappa shape index (κ2) is 7.49. The van der Waals surface area contributed by atoms with E-state index < -0.39 is 0 Å². The van der Waals surface area contributed by atoms with Gasteiger partial charge in [0.2, 0.25) is 5.95 Å². The highest BCUT2D eigenvalue weighted by molar-refractivity contribution is 7.14. The molecule has 9 heteroatoms. The van der Waals surface area contributed by atoms with Crippen molar-refractivity contribution in [2.45, 2.75) is 39.3 Å². The van der Waals surface area contributed by atoms with E-state index >= 15 is 0 Å². The average Bonchev–Trinajstić information content (AvgIpc) is 3.37. The molecule has 1 fully saturated rings. The molecule has 4 heterocycles. The molecule has 1 amide bonds. The Kier molecular flexibility index (Phi) is 5.07. The molecule has 0 spiro atoms. The predicted molar refractivity (Wildman–Crippen MR) is 107 cm³/mol. The molecular weight excluding hydrogens is 380 g/mol. The molecule has 0 bridgehead atoms. The minimum Gasteiger partial charge on any atom is -0.290 e. The molecular formula is C18H22N6OS2. The largest absolute Gasteiger partial charge is 0.290 e. The van der Waals surface area contributed by atoms with Gasteiger partial charge in [0.25, 0.3) is 5.91 Å². The fraction of sp³-hybridized carbons (Fsp3) is 0.444. The highest BCUT2D eigenvalue weighted by Gasteiger charge is 2.28. The molecule has 1 unspecified atom stereocenters. The van der Waals surface area contributed by atoms with Crippen LogP contribution in [0.2, 0.25) is 0 Å². The number of thiazole rings is 1. The quantitative estimate of drug-likeness (QED) is 0.706. The van der Waals surface area contributed by atoms with Crippen molar-refractivity contribution in [3.8, 4) is 0 Å². The van der Waals surface area contributed by atoms with Gasteiger partial charge in [-0.3, -0.25) is 19.7 Å². The second-order valence-electron chi connectivity index (χ2n) is 6.77. The molecule has 3 aromatic heterocycles. The summed E-state index contributed by atoms with van der Waals surface area (Å²) >= 11 is 3.34. The number of hydrogen-bond acceptors (Lipinski definition) is 7. The van der Waals surface area contributed by atoms with Gasteiger partial charge in [0.05, 0.1) is 15.6 Å². The van der Waals surface area contributed by atoms with E-state index in [0.717, 1.165) is 30.2 Å². The number of aryl methyl sites for hydroxylation is 3. The molecule has 1 saturated heterocycles. The first-order chi connectivity index (χ1) is 13.0. The van der Waals surface area contributed by atoms with Crippen LogP contribution in [0.3, 0.4) is 0 Å². The van der Waals surface area contributed by atoms with Crippen molar-refractivity contribution < 1.29 is 4.79 Å². The van der Waals surface area contributed by atoms with Gasteiger partial charge < -0.3 is 0 Å². The van der Waals surface area contributed by atoms with Crippen molar-refractivity contribution >= 4 is 34.5 Å². The van der Waals surface area contributed by atoms with E-state index in [1.54, 1.807) is 40.7 Å². The number of carbonyl (C=O) groups is 1. The van der Waals surface area contributed by atoms with Crippen molar-refractivity contribution in [3.63, 3.8) is 0 Å². The van der Waals surface area contributed by atoms with Crippen LogP contribution in [0.5, 0.6) is 0 Å². The molecule has 7 nitrogen and oxygen atoms in total. The van der Waals surface area contributed by atoms with Crippen LogP contribution < -0.4 is 5.32 Å². The van der Waals surface area contributed by atoms with Crippen molar-refractivity contribution in [2.24, 2.45) is 7.05 Å². The van der Waals surface area contributed by atoms with Crippen molar-refractivity contribution in [1.29, 1.82) is 0 Å². The van der Waals surface area contributed by atoms with Crippen LogP contribution >= 0.6 is 22.7 Å². The first-order valence-electron chi connectivity index (χ1n) is 8.93. The van der Waals surface area contributed by atoms with Crippen LogP contribution in [0.25, 0.3) is 0 Å². The summed E-state index contributed by atoms with van der Waals surface area (Å²) in [6, 6.07) is 4.35. The van der Waals surface area contributed by atoms with Gasteiger partial charge >= 0.3 is 0 Å². The van der Waals surface area contributed by atoms with Crippen LogP contribution in [-0.2, 0) is 13.6 Å². The van der Waals surface area contributed by atoms with Gasteiger partial charge in [-0.15, -0.1) is 27.8 Å². The minimum absolute atomic E-state index is 0.157. The highest BCUT2D eigenvalue weighted by Crippen LogP contribution is 2.37. The summed E-state index contributed by atoms with van der Waals surface area (Å²) in [5.74, 6) is 0.173. The van der Waals surface area contributed by atoms with Crippen LogP contribution in [0.15, 0.2) is 18.5 Å². The standard InChI is InChI=1S/C18H22N6OS2/c1-11-16(26-12(2)20-11)9-24-8-4-5-13(24)14-6-7-15(27-14)17(25)21-18-19-10-23(3)22-18/h6-7,10,13H,4-5,8-9H2,1-3H3,(H,21,22,25). The van der Waals surface area contributed by atoms with Crippen LogP contribution in [0.1, 0.15) is 49.0 Å². The van der Waals surface area contributed by atoms with Crippen LogP contribution in [0.4, 0.5) is 5.95 Å².